The SMILES string of the molecule is Cl.O=C(CN1CCC(Cn2c(=O)sc3cc(Br)ccc32)CC1)c1ccccc1. The van der Waals surface area contributed by atoms with Gasteiger partial charge in [0.25, 0.3) is 0 Å². The maximum absolute atomic E-state index is 12.4. The van der Waals surface area contributed by atoms with E-state index in [1.807, 2.05) is 53.1 Å². The maximum Gasteiger partial charge on any atom is 0.308 e. The molecule has 0 amide bonds. The smallest absolute Gasteiger partial charge is 0.298 e. The highest BCUT2D eigenvalue weighted by Crippen LogP contribution is 2.25. The van der Waals surface area contributed by atoms with Crippen LogP contribution in [0.25, 0.3) is 10.2 Å². The van der Waals surface area contributed by atoms with E-state index < -0.39 is 0 Å². The van der Waals surface area contributed by atoms with Crippen LogP contribution >= 0.6 is 39.7 Å². The van der Waals surface area contributed by atoms with Crippen molar-refractivity contribution in [3.05, 3.63) is 68.2 Å². The van der Waals surface area contributed by atoms with Crippen molar-refractivity contribution in [2.75, 3.05) is 19.6 Å². The van der Waals surface area contributed by atoms with E-state index in [0.29, 0.717) is 12.5 Å². The summed E-state index contributed by atoms with van der Waals surface area (Å²) in [6, 6.07) is 15.5. The van der Waals surface area contributed by atoms with Gasteiger partial charge in [0.15, 0.2) is 5.78 Å². The van der Waals surface area contributed by atoms with E-state index in [4.69, 9.17) is 0 Å². The van der Waals surface area contributed by atoms with Crippen LogP contribution in [0.3, 0.4) is 0 Å². The molecule has 148 valence electrons. The number of halogens is 2. The minimum Gasteiger partial charge on any atom is -0.298 e. The molecule has 7 heteroatoms. The zero-order valence-corrected chi connectivity index (χ0v) is 18.6. The van der Waals surface area contributed by atoms with Crippen molar-refractivity contribution in [1.82, 2.24) is 9.47 Å². The summed E-state index contributed by atoms with van der Waals surface area (Å²) < 4.78 is 3.95. The largest absolute Gasteiger partial charge is 0.308 e. The number of carbonyl (C=O) groups is 1. The summed E-state index contributed by atoms with van der Waals surface area (Å²) in [5.41, 5.74) is 1.80. The number of carbonyl (C=O) groups excluding carboxylic acids is 1. The van der Waals surface area contributed by atoms with Crippen LogP contribution in [-0.2, 0) is 6.54 Å². The number of aromatic nitrogens is 1. The van der Waals surface area contributed by atoms with Crippen LogP contribution in [0, 0.1) is 5.92 Å². The molecule has 1 fully saturated rings. The summed E-state index contributed by atoms with van der Waals surface area (Å²) in [6.07, 6.45) is 2.03. The number of ketones is 1. The molecule has 0 radical (unpaired) electrons. The molecular weight excluding hydrogens is 460 g/mol. The van der Waals surface area contributed by atoms with Crippen molar-refractivity contribution >= 4 is 55.7 Å². The third-order valence-corrected chi connectivity index (χ3v) is 6.68. The average Bonchev–Trinajstić information content (AvgIpc) is 2.98. The monoisotopic (exact) mass is 480 g/mol. The second kappa shape index (κ2) is 9.35. The van der Waals surface area contributed by atoms with Gasteiger partial charge in [-0.15, -0.1) is 12.4 Å². The number of fused-ring (bicyclic) bond motifs is 1. The van der Waals surface area contributed by atoms with Gasteiger partial charge in [-0.3, -0.25) is 19.1 Å². The molecule has 0 N–H and O–H groups in total. The summed E-state index contributed by atoms with van der Waals surface area (Å²) in [5.74, 6) is 0.659. The second-order valence-electron chi connectivity index (χ2n) is 7.10. The molecule has 1 saturated heterocycles. The first kappa shape index (κ1) is 21.2. The Kier molecular flexibility index (Phi) is 7.10. The second-order valence-corrected chi connectivity index (χ2v) is 9.01. The van der Waals surface area contributed by atoms with Crippen LogP contribution in [-0.4, -0.2) is 34.9 Å². The summed E-state index contributed by atoms with van der Waals surface area (Å²) in [5, 5.41) is 0. The zero-order chi connectivity index (χ0) is 18.8. The van der Waals surface area contributed by atoms with Gasteiger partial charge in [-0.1, -0.05) is 57.6 Å². The number of rotatable bonds is 5. The van der Waals surface area contributed by atoms with E-state index in [-0.39, 0.29) is 23.1 Å². The first-order valence-corrected chi connectivity index (χ1v) is 10.8. The molecule has 1 aromatic heterocycles. The topological polar surface area (TPSA) is 42.3 Å². The molecule has 1 aliphatic rings. The number of benzene rings is 2. The zero-order valence-electron chi connectivity index (χ0n) is 15.3. The Morgan fingerprint density at radius 2 is 1.82 bits per heavy atom. The highest BCUT2D eigenvalue weighted by Gasteiger charge is 2.22. The van der Waals surface area contributed by atoms with Gasteiger partial charge in [0, 0.05) is 16.6 Å². The lowest BCUT2D eigenvalue weighted by atomic mass is 9.96. The minimum absolute atomic E-state index is 0. The number of likely N-dealkylation sites (tertiary alicyclic amines) is 1. The maximum atomic E-state index is 12.4. The number of hydrogen-bond acceptors (Lipinski definition) is 4. The standard InChI is InChI=1S/C21H21BrN2O2S.ClH/c22-17-6-7-18-20(12-17)27-21(26)24(18)13-15-8-10-23(11-9-15)14-19(25)16-4-2-1-3-5-16;/h1-7,12,15H,8-11,13-14H2;1H. The third kappa shape index (κ3) is 4.74. The van der Waals surface area contributed by atoms with Gasteiger partial charge < -0.3 is 0 Å². The van der Waals surface area contributed by atoms with Crippen LogP contribution in [0.15, 0.2) is 57.8 Å². The lowest BCUT2D eigenvalue weighted by Gasteiger charge is -2.31. The van der Waals surface area contributed by atoms with E-state index in [2.05, 4.69) is 20.8 Å². The first-order valence-electron chi connectivity index (χ1n) is 9.19. The van der Waals surface area contributed by atoms with Crippen LogP contribution in [0.1, 0.15) is 23.2 Å². The van der Waals surface area contributed by atoms with Gasteiger partial charge in [-0.05, 0) is 50.0 Å². The fourth-order valence-electron chi connectivity index (χ4n) is 3.72. The Labute approximate surface area is 182 Å². The predicted molar refractivity (Wildman–Crippen MR) is 121 cm³/mol. The van der Waals surface area contributed by atoms with Gasteiger partial charge in [0.2, 0.25) is 0 Å². The fourth-order valence-corrected chi connectivity index (χ4v) is 5.17. The molecule has 0 bridgehead atoms. The Hall–Kier alpha value is -1.47. The number of piperidine rings is 1. The molecule has 4 nitrogen and oxygen atoms in total. The van der Waals surface area contributed by atoms with E-state index in [9.17, 15) is 9.59 Å². The van der Waals surface area contributed by atoms with Gasteiger partial charge in [0.05, 0.1) is 16.8 Å². The summed E-state index contributed by atoms with van der Waals surface area (Å²) in [7, 11) is 0. The van der Waals surface area contributed by atoms with E-state index in [1.54, 1.807) is 0 Å². The number of thiazole rings is 1. The third-order valence-electron chi connectivity index (χ3n) is 5.24. The Morgan fingerprint density at radius 3 is 2.54 bits per heavy atom. The van der Waals surface area contributed by atoms with Crippen LogP contribution in [0.5, 0.6) is 0 Å². The van der Waals surface area contributed by atoms with E-state index >= 15 is 0 Å². The van der Waals surface area contributed by atoms with Crippen molar-refractivity contribution in [3.8, 4) is 0 Å². The normalized spacial score (nSPS) is 15.5. The summed E-state index contributed by atoms with van der Waals surface area (Å²) in [6.45, 7) is 3.06. The van der Waals surface area contributed by atoms with Gasteiger partial charge >= 0.3 is 4.87 Å². The number of Topliss-reactive ketones (excluding diaryl/α,β-unsaturated/α-hetero) is 1. The van der Waals surface area contributed by atoms with Crippen LogP contribution < -0.4 is 4.87 Å². The van der Waals surface area contributed by atoms with Gasteiger partial charge in [-0.25, -0.2) is 0 Å². The summed E-state index contributed by atoms with van der Waals surface area (Å²) in [4.78, 5) is 27.1. The van der Waals surface area contributed by atoms with Crippen molar-refractivity contribution in [2.24, 2.45) is 5.92 Å². The molecular formula is C21H22BrClN2O2S. The Morgan fingerprint density at radius 1 is 1.11 bits per heavy atom. The quantitative estimate of drug-likeness (QED) is 0.490. The molecule has 0 aliphatic carbocycles. The average molecular weight is 482 g/mol. The molecule has 0 spiro atoms. The number of hydrogen-bond donors (Lipinski definition) is 0. The number of nitrogens with zero attached hydrogens (tertiary/aromatic N) is 2. The molecule has 28 heavy (non-hydrogen) atoms. The van der Waals surface area contributed by atoms with Crippen molar-refractivity contribution in [1.29, 1.82) is 0 Å². The molecule has 3 aromatic rings. The predicted octanol–water partition coefficient (Wildman–Crippen LogP) is 4.84. The molecule has 0 unspecified atom stereocenters. The molecule has 0 saturated carbocycles. The van der Waals surface area contributed by atoms with Gasteiger partial charge in [-0.2, -0.15) is 0 Å². The lowest BCUT2D eigenvalue weighted by Crippen LogP contribution is -2.38. The van der Waals surface area contributed by atoms with E-state index in [0.717, 1.165) is 52.7 Å². The molecule has 2 aromatic carbocycles. The first-order chi connectivity index (χ1) is 13.1. The Balaban J connectivity index is 0.00000225. The van der Waals surface area contributed by atoms with Crippen LogP contribution in [0.2, 0.25) is 0 Å². The van der Waals surface area contributed by atoms with Crippen molar-refractivity contribution in [3.63, 3.8) is 0 Å². The summed E-state index contributed by atoms with van der Waals surface area (Å²) >= 11 is 4.78. The molecule has 1 aliphatic heterocycles. The Bertz CT molecular complexity index is 1010. The molecule has 4 rings (SSSR count). The van der Waals surface area contributed by atoms with Gasteiger partial charge in [0.1, 0.15) is 0 Å². The molecule has 2 heterocycles. The highest BCUT2D eigenvalue weighted by atomic mass is 79.9. The highest BCUT2D eigenvalue weighted by molar-refractivity contribution is 9.10. The van der Waals surface area contributed by atoms with Crippen molar-refractivity contribution < 1.29 is 4.79 Å². The van der Waals surface area contributed by atoms with Crippen molar-refractivity contribution in [2.45, 2.75) is 19.4 Å². The fraction of sp³-hybridized carbons (Fsp3) is 0.333. The lowest BCUT2D eigenvalue weighted by molar-refractivity contribution is 0.0890. The molecule has 0 atom stereocenters. The minimum atomic E-state index is 0. The van der Waals surface area contributed by atoms with E-state index in [1.165, 1.54) is 11.3 Å². The van der Waals surface area contributed by atoms with Crippen LogP contribution in [0.4, 0.5) is 0 Å².